The molecule has 6 heteroatoms. The van der Waals surface area contributed by atoms with Gasteiger partial charge in [0.25, 0.3) is 5.91 Å². The molecule has 2 aromatic carbocycles. The Kier molecular flexibility index (Phi) is 5.78. The molecular weight excluding hydrogens is 353 g/mol. The van der Waals surface area contributed by atoms with Crippen LogP contribution in [0.2, 0.25) is 5.02 Å². The van der Waals surface area contributed by atoms with Crippen LogP contribution in [0, 0.1) is 11.7 Å². The molecule has 0 bridgehead atoms. The molecule has 26 heavy (non-hydrogen) atoms. The Balaban J connectivity index is 1.78. The number of carbonyl (C=O) groups is 1. The summed E-state index contributed by atoms with van der Waals surface area (Å²) in [6.07, 6.45) is 3.22. The third-order valence-electron chi connectivity index (χ3n) is 4.11. The van der Waals surface area contributed by atoms with Crippen molar-refractivity contribution in [1.29, 1.82) is 0 Å². The summed E-state index contributed by atoms with van der Waals surface area (Å²) in [4.78, 5) is 17.2. The predicted octanol–water partition coefficient (Wildman–Crippen LogP) is 4.87. The van der Waals surface area contributed by atoms with Gasteiger partial charge in [0.15, 0.2) is 0 Å². The predicted molar refractivity (Wildman–Crippen MR) is 103 cm³/mol. The summed E-state index contributed by atoms with van der Waals surface area (Å²) in [6, 6.07) is 13.2. The molecule has 0 fully saturated rings. The summed E-state index contributed by atoms with van der Waals surface area (Å²) in [6.45, 7) is 2.44. The highest BCUT2D eigenvalue weighted by molar-refractivity contribution is 6.31. The number of benzene rings is 2. The smallest absolute Gasteiger partial charge is 0.261 e. The van der Waals surface area contributed by atoms with Gasteiger partial charge >= 0.3 is 0 Å². The van der Waals surface area contributed by atoms with Crippen LogP contribution in [-0.4, -0.2) is 17.8 Å². The van der Waals surface area contributed by atoms with Crippen LogP contribution < -0.4 is 5.01 Å². The summed E-state index contributed by atoms with van der Waals surface area (Å²) >= 11 is 6.14. The van der Waals surface area contributed by atoms with Crippen LogP contribution >= 0.6 is 11.6 Å². The number of hydrazone groups is 1. The van der Waals surface area contributed by atoms with E-state index in [0.29, 0.717) is 23.7 Å². The van der Waals surface area contributed by atoms with Crippen molar-refractivity contribution in [2.45, 2.75) is 26.3 Å². The van der Waals surface area contributed by atoms with Crippen molar-refractivity contribution in [1.82, 2.24) is 0 Å². The fourth-order valence-corrected chi connectivity index (χ4v) is 2.97. The Morgan fingerprint density at radius 3 is 2.65 bits per heavy atom. The first-order chi connectivity index (χ1) is 12.6. The minimum absolute atomic E-state index is 0.178. The minimum atomic E-state index is -0.498. The lowest BCUT2D eigenvalue weighted by Gasteiger charge is -2.12. The molecule has 0 radical (unpaired) electrons. The Bertz CT molecular complexity index is 848. The average molecular weight is 372 g/mol. The maximum atomic E-state index is 13.1. The maximum absolute atomic E-state index is 13.1. The molecule has 2 aromatic rings. The fraction of sp³-hybridized carbons (Fsp3) is 0.250. The van der Waals surface area contributed by atoms with E-state index >= 15 is 0 Å². The van der Waals surface area contributed by atoms with Gasteiger partial charge in [-0.05, 0) is 42.3 Å². The van der Waals surface area contributed by atoms with Crippen LogP contribution in [0.1, 0.15) is 25.3 Å². The zero-order valence-corrected chi connectivity index (χ0v) is 15.2. The number of hydrogen-bond acceptors (Lipinski definition) is 3. The molecular formula is C20H19ClFN3O. The first-order valence-electron chi connectivity index (χ1n) is 8.50. The molecule has 1 heterocycles. The standard InChI is InChI=1S/C20H19ClFN3O/c1-2-5-19-17(13-23-12-14-6-3-4-7-18(14)21)20(26)25(24-19)16-10-8-15(22)9-11-16/h3-4,6-11,13,17H,2,5,12H2,1H3/t17-/m1/s1. The summed E-state index contributed by atoms with van der Waals surface area (Å²) < 4.78 is 13.1. The van der Waals surface area contributed by atoms with E-state index in [2.05, 4.69) is 10.1 Å². The minimum Gasteiger partial charge on any atom is -0.291 e. The largest absolute Gasteiger partial charge is 0.291 e. The Morgan fingerprint density at radius 2 is 1.96 bits per heavy atom. The zero-order chi connectivity index (χ0) is 18.5. The number of aliphatic imine (C=N–C) groups is 1. The van der Waals surface area contributed by atoms with Gasteiger partial charge in [-0.1, -0.05) is 43.1 Å². The highest BCUT2D eigenvalue weighted by Crippen LogP contribution is 2.25. The normalized spacial score (nSPS) is 17.2. The lowest BCUT2D eigenvalue weighted by atomic mass is 10.0. The Morgan fingerprint density at radius 1 is 1.23 bits per heavy atom. The first-order valence-corrected chi connectivity index (χ1v) is 8.88. The molecule has 0 spiro atoms. The number of halogens is 2. The van der Waals surface area contributed by atoms with Gasteiger partial charge in [-0.3, -0.25) is 9.79 Å². The van der Waals surface area contributed by atoms with Gasteiger partial charge in [0, 0.05) is 11.2 Å². The van der Waals surface area contributed by atoms with Crippen LogP contribution in [-0.2, 0) is 11.3 Å². The number of anilines is 1. The number of hydrogen-bond donors (Lipinski definition) is 0. The molecule has 1 aliphatic heterocycles. The fourth-order valence-electron chi connectivity index (χ4n) is 2.78. The molecule has 0 saturated heterocycles. The van der Waals surface area contributed by atoms with Crippen molar-refractivity contribution in [3.8, 4) is 0 Å². The van der Waals surface area contributed by atoms with Gasteiger partial charge in [-0.15, -0.1) is 0 Å². The highest BCUT2D eigenvalue weighted by atomic mass is 35.5. The number of nitrogens with zero attached hydrogens (tertiary/aromatic N) is 3. The number of rotatable bonds is 6. The Labute approximate surface area is 157 Å². The van der Waals surface area contributed by atoms with Crippen LogP contribution in [0.5, 0.6) is 0 Å². The summed E-state index contributed by atoms with van der Waals surface area (Å²) in [5.41, 5.74) is 2.22. The molecule has 0 aromatic heterocycles. The van der Waals surface area contributed by atoms with E-state index in [9.17, 15) is 9.18 Å². The molecule has 1 atom stereocenters. The first kappa shape index (κ1) is 18.3. The van der Waals surface area contributed by atoms with E-state index in [-0.39, 0.29) is 11.7 Å². The molecule has 1 amide bonds. The Hall–Kier alpha value is -2.53. The van der Waals surface area contributed by atoms with Crippen molar-refractivity contribution < 1.29 is 9.18 Å². The third-order valence-corrected chi connectivity index (χ3v) is 4.48. The quantitative estimate of drug-likeness (QED) is 0.668. The van der Waals surface area contributed by atoms with Crippen molar-refractivity contribution in [3.05, 3.63) is 64.9 Å². The van der Waals surface area contributed by atoms with E-state index < -0.39 is 5.92 Å². The van der Waals surface area contributed by atoms with Gasteiger partial charge < -0.3 is 0 Å². The van der Waals surface area contributed by atoms with E-state index in [4.69, 9.17) is 11.6 Å². The maximum Gasteiger partial charge on any atom is 0.261 e. The van der Waals surface area contributed by atoms with Crippen LogP contribution in [0.4, 0.5) is 10.1 Å². The highest BCUT2D eigenvalue weighted by Gasteiger charge is 2.34. The molecule has 134 valence electrons. The summed E-state index contributed by atoms with van der Waals surface area (Å²) in [5, 5.41) is 6.42. The van der Waals surface area contributed by atoms with Crippen LogP contribution in [0.3, 0.4) is 0 Å². The molecule has 0 N–H and O–H groups in total. The van der Waals surface area contributed by atoms with Crippen molar-refractivity contribution >= 4 is 35.1 Å². The van der Waals surface area contributed by atoms with Gasteiger partial charge in [0.05, 0.1) is 17.9 Å². The second-order valence-electron chi connectivity index (χ2n) is 6.03. The molecule has 3 rings (SSSR count). The van der Waals surface area contributed by atoms with Gasteiger partial charge in [0.2, 0.25) is 0 Å². The van der Waals surface area contributed by atoms with E-state index in [1.807, 2.05) is 31.2 Å². The summed E-state index contributed by atoms with van der Waals surface area (Å²) in [5.74, 6) is -1.03. The molecule has 4 nitrogen and oxygen atoms in total. The lowest BCUT2D eigenvalue weighted by molar-refractivity contribution is -0.118. The van der Waals surface area contributed by atoms with Gasteiger partial charge in [-0.25, -0.2) is 4.39 Å². The van der Waals surface area contributed by atoms with E-state index in [1.54, 1.807) is 18.3 Å². The topological polar surface area (TPSA) is 45.0 Å². The van der Waals surface area contributed by atoms with Gasteiger partial charge in [-0.2, -0.15) is 10.1 Å². The molecule has 0 unspecified atom stereocenters. The van der Waals surface area contributed by atoms with Crippen LogP contribution in [0.25, 0.3) is 0 Å². The van der Waals surface area contributed by atoms with E-state index in [0.717, 1.165) is 17.7 Å². The zero-order valence-electron chi connectivity index (χ0n) is 14.4. The monoisotopic (exact) mass is 371 g/mol. The molecule has 1 aliphatic rings. The SMILES string of the molecule is CCCC1=NN(c2ccc(F)cc2)C(=O)[C@@H]1C=NCc1ccccc1Cl. The lowest BCUT2D eigenvalue weighted by Crippen LogP contribution is -2.28. The van der Waals surface area contributed by atoms with E-state index in [1.165, 1.54) is 17.1 Å². The third kappa shape index (κ3) is 3.99. The number of amides is 1. The molecule has 0 saturated carbocycles. The van der Waals surface area contributed by atoms with Crippen molar-refractivity contribution in [2.75, 3.05) is 5.01 Å². The van der Waals surface area contributed by atoms with Gasteiger partial charge in [0.1, 0.15) is 11.7 Å². The summed E-state index contributed by atoms with van der Waals surface area (Å²) in [7, 11) is 0. The number of carbonyl (C=O) groups excluding carboxylic acids is 1. The van der Waals surface area contributed by atoms with Crippen molar-refractivity contribution in [3.63, 3.8) is 0 Å². The van der Waals surface area contributed by atoms with Crippen molar-refractivity contribution in [2.24, 2.45) is 16.0 Å². The van der Waals surface area contributed by atoms with Crippen LogP contribution in [0.15, 0.2) is 58.6 Å². The molecule has 0 aliphatic carbocycles. The second-order valence-corrected chi connectivity index (χ2v) is 6.43. The second kappa shape index (κ2) is 8.23. The average Bonchev–Trinajstić information content (AvgIpc) is 2.94.